The van der Waals surface area contributed by atoms with E-state index in [1.807, 2.05) is 0 Å². The van der Waals surface area contributed by atoms with E-state index in [0.717, 1.165) is 30.2 Å². The first-order valence-electron chi connectivity index (χ1n) is 9.02. The summed E-state index contributed by atoms with van der Waals surface area (Å²) >= 11 is 0. The van der Waals surface area contributed by atoms with Crippen molar-refractivity contribution in [2.45, 2.75) is 37.5 Å². The maximum atomic E-state index is 12.6. The van der Waals surface area contributed by atoms with Gasteiger partial charge in [-0.15, -0.1) is 0 Å². The average molecular weight is 403 g/mol. The standard InChI is InChI=1S/C19H21N3O5S/c1-2-3-11-21-18-9-8-15(12-14(18)7-10-19(21)23)20-28(26,27)17-6-4-5-16(13-17)22(24)25/h4-6,8-9,12-13,20H,2-3,7,10-11H2,1H3. The zero-order valence-corrected chi connectivity index (χ0v) is 16.2. The van der Waals surface area contributed by atoms with Crippen LogP contribution in [0.4, 0.5) is 17.1 Å². The Hall–Kier alpha value is -2.94. The van der Waals surface area contributed by atoms with E-state index in [0.29, 0.717) is 25.1 Å². The van der Waals surface area contributed by atoms with Gasteiger partial charge in [-0.3, -0.25) is 19.6 Å². The minimum atomic E-state index is -3.97. The molecule has 0 spiro atoms. The molecule has 1 aliphatic heterocycles. The van der Waals surface area contributed by atoms with Crippen molar-refractivity contribution >= 4 is 33.0 Å². The number of fused-ring (bicyclic) bond motifs is 1. The summed E-state index contributed by atoms with van der Waals surface area (Å²) in [6.45, 7) is 2.70. The number of aryl methyl sites for hydroxylation is 1. The molecule has 0 saturated heterocycles. The molecule has 8 nitrogen and oxygen atoms in total. The fourth-order valence-corrected chi connectivity index (χ4v) is 4.25. The number of benzene rings is 2. The molecule has 0 radical (unpaired) electrons. The zero-order valence-electron chi connectivity index (χ0n) is 15.4. The molecule has 2 aromatic rings. The number of rotatable bonds is 7. The van der Waals surface area contributed by atoms with Crippen molar-refractivity contribution in [3.05, 3.63) is 58.1 Å². The molecule has 0 aromatic heterocycles. The van der Waals surface area contributed by atoms with Crippen molar-refractivity contribution in [2.75, 3.05) is 16.2 Å². The van der Waals surface area contributed by atoms with Gasteiger partial charge in [-0.05, 0) is 42.7 Å². The molecule has 148 valence electrons. The predicted molar refractivity (Wildman–Crippen MR) is 106 cm³/mol. The summed E-state index contributed by atoms with van der Waals surface area (Å²) < 4.78 is 27.7. The van der Waals surface area contributed by atoms with Crippen LogP contribution in [0.15, 0.2) is 47.4 Å². The Bertz CT molecular complexity index is 1020. The van der Waals surface area contributed by atoms with Crippen LogP contribution in [0.3, 0.4) is 0 Å². The highest BCUT2D eigenvalue weighted by molar-refractivity contribution is 7.92. The van der Waals surface area contributed by atoms with Crippen LogP contribution < -0.4 is 9.62 Å². The molecule has 1 aliphatic rings. The van der Waals surface area contributed by atoms with Crippen molar-refractivity contribution in [3.63, 3.8) is 0 Å². The Labute approximate surface area is 163 Å². The summed E-state index contributed by atoms with van der Waals surface area (Å²) in [5.74, 6) is 0.0749. The highest BCUT2D eigenvalue weighted by Crippen LogP contribution is 2.31. The first kappa shape index (κ1) is 19.8. The fraction of sp³-hybridized carbons (Fsp3) is 0.316. The fourth-order valence-electron chi connectivity index (χ4n) is 3.16. The number of nitro groups is 1. The summed E-state index contributed by atoms with van der Waals surface area (Å²) in [6.07, 6.45) is 2.80. The number of anilines is 2. The van der Waals surface area contributed by atoms with E-state index >= 15 is 0 Å². The molecule has 0 saturated carbocycles. The molecule has 1 N–H and O–H groups in total. The van der Waals surface area contributed by atoms with E-state index in [4.69, 9.17) is 0 Å². The van der Waals surface area contributed by atoms with E-state index in [-0.39, 0.29) is 16.5 Å². The number of hydrogen-bond donors (Lipinski definition) is 1. The highest BCUT2D eigenvalue weighted by Gasteiger charge is 2.25. The van der Waals surface area contributed by atoms with Crippen LogP contribution in [0.2, 0.25) is 0 Å². The Morgan fingerprint density at radius 2 is 1.96 bits per heavy atom. The lowest BCUT2D eigenvalue weighted by Gasteiger charge is -2.29. The van der Waals surface area contributed by atoms with Gasteiger partial charge in [0.2, 0.25) is 5.91 Å². The molecule has 0 unspecified atom stereocenters. The summed E-state index contributed by atoms with van der Waals surface area (Å²) in [7, 11) is -3.97. The van der Waals surface area contributed by atoms with Crippen molar-refractivity contribution < 1.29 is 18.1 Å². The number of carbonyl (C=O) groups excluding carboxylic acids is 1. The van der Waals surface area contributed by atoms with Crippen LogP contribution in [0.5, 0.6) is 0 Å². The molecular formula is C19H21N3O5S. The number of hydrogen-bond acceptors (Lipinski definition) is 5. The van der Waals surface area contributed by atoms with Crippen LogP contribution in [0, 0.1) is 10.1 Å². The molecule has 1 amide bonds. The summed E-state index contributed by atoms with van der Waals surface area (Å²) in [4.78, 5) is 24.0. The van der Waals surface area contributed by atoms with Gasteiger partial charge < -0.3 is 4.90 Å². The third-order valence-electron chi connectivity index (χ3n) is 4.61. The monoisotopic (exact) mass is 403 g/mol. The number of sulfonamides is 1. The molecule has 28 heavy (non-hydrogen) atoms. The van der Waals surface area contributed by atoms with Crippen LogP contribution in [-0.4, -0.2) is 25.8 Å². The number of non-ortho nitro benzene ring substituents is 1. The van der Waals surface area contributed by atoms with Gasteiger partial charge in [0, 0.05) is 36.5 Å². The second-order valence-electron chi connectivity index (χ2n) is 6.60. The molecule has 0 aliphatic carbocycles. The predicted octanol–water partition coefficient (Wildman–Crippen LogP) is 3.47. The van der Waals surface area contributed by atoms with Gasteiger partial charge >= 0.3 is 0 Å². The molecule has 9 heteroatoms. The maximum absolute atomic E-state index is 12.6. The normalized spacial score (nSPS) is 13.9. The topological polar surface area (TPSA) is 110 Å². The lowest BCUT2D eigenvalue weighted by Crippen LogP contribution is -2.35. The van der Waals surface area contributed by atoms with Crippen LogP contribution in [0.1, 0.15) is 31.7 Å². The van der Waals surface area contributed by atoms with Crippen LogP contribution >= 0.6 is 0 Å². The molecule has 1 heterocycles. The summed E-state index contributed by atoms with van der Waals surface area (Å²) in [5.41, 5.74) is 1.77. The van der Waals surface area contributed by atoms with E-state index in [9.17, 15) is 23.3 Å². The van der Waals surface area contributed by atoms with Gasteiger partial charge in [-0.1, -0.05) is 19.4 Å². The van der Waals surface area contributed by atoms with Crippen LogP contribution in [-0.2, 0) is 21.2 Å². The quantitative estimate of drug-likeness (QED) is 0.562. The van der Waals surface area contributed by atoms with Crippen molar-refractivity contribution in [2.24, 2.45) is 0 Å². The number of carbonyl (C=O) groups is 1. The molecule has 0 bridgehead atoms. The SMILES string of the molecule is CCCCN1C(=O)CCc2cc(NS(=O)(=O)c3cccc([N+](=O)[O-])c3)ccc21. The van der Waals surface area contributed by atoms with Crippen molar-refractivity contribution in [1.29, 1.82) is 0 Å². The molecule has 3 rings (SSSR count). The average Bonchev–Trinajstić information content (AvgIpc) is 2.67. The van der Waals surface area contributed by atoms with Gasteiger partial charge in [0.15, 0.2) is 0 Å². The third-order valence-corrected chi connectivity index (χ3v) is 5.98. The summed E-state index contributed by atoms with van der Waals surface area (Å²) in [6, 6.07) is 9.95. The third kappa shape index (κ3) is 4.14. The van der Waals surface area contributed by atoms with Gasteiger partial charge in [0.1, 0.15) is 0 Å². The Kier molecular flexibility index (Phi) is 5.64. The zero-order chi connectivity index (χ0) is 20.3. The minimum Gasteiger partial charge on any atom is -0.312 e. The number of amides is 1. The second-order valence-corrected chi connectivity index (χ2v) is 8.28. The highest BCUT2D eigenvalue weighted by atomic mass is 32.2. The van der Waals surface area contributed by atoms with E-state index in [1.54, 1.807) is 23.1 Å². The first-order chi connectivity index (χ1) is 13.3. The number of nitro benzene ring substituents is 1. The number of nitrogens with one attached hydrogen (secondary N) is 1. The first-order valence-corrected chi connectivity index (χ1v) is 10.5. The number of unbranched alkanes of at least 4 members (excludes halogenated alkanes) is 1. The Balaban J connectivity index is 1.86. The lowest BCUT2D eigenvalue weighted by molar-refractivity contribution is -0.385. The molecular weight excluding hydrogens is 382 g/mol. The Morgan fingerprint density at radius 1 is 1.18 bits per heavy atom. The van der Waals surface area contributed by atoms with E-state index in [2.05, 4.69) is 11.6 Å². The minimum absolute atomic E-state index is 0.0749. The van der Waals surface area contributed by atoms with Crippen molar-refractivity contribution in [3.8, 4) is 0 Å². The van der Waals surface area contributed by atoms with Crippen molar-refractivity contribution in [1.82, 2.24) is 0 Å². The molecule has 0 fully saturated rings. The molecule has 2 aromatic carbocycles. The second kappa shape index (κ2) is 7.97. The van der Waals surface area contributed by atoms with E-state index < -0.39 is 14.9 Å². The van der Waals surface area contributed by atoms with Crippen LogP contribution in [0.25, 0.3) is 0 Å². The van der Waals surface area contributed by atoms with Gasteiger partial charge in [0.05, 0.1) is 9.82 Å². The van der Waals surface area contributed by atoms with Gasteiger partial charge in [-0.2, -0.15) is 0 Å². The van der Waals surface area contributed by atoms with Gasteiger partial charge in [-0.25, -0.2) is 8.42 Å². The summed E-state index contributed by atoms with van der Waals surface area (Å²) in [5, 5.41) is 10.9. The maximum Gasteiger partial charge on any atom is 0.270 e. The number of nitrogens with zero attached hydrogens (tertiary/aromatic N) is 2. The van der Waals surface area contributed by atoms with Gasteiger partial charge in [0.25, 0.3) is 15.7 Å². The molecule has 0 atom stereocenters. The van der Waals surface area contributed by atoms with E-state index in [1.165, 1.54) is 18.2 Å². The lowest BCUT2D eigenvalue weighted by atomic mass is 10.00. The Morgan fingerprint density at radius 3 is 2.68 bits per heavy atom. The smallest absolute Gasteiger partial charge is 0.270 e. The largest absolute Gasteiger partial charge is 0.312 e.